The van der Waals surface area contributed by atoms with Crippen LogP contribution in [0.15, 0.2) is 65.1 Å². The molecule has 0 radical (unpaired) electrons. The van der Waals surface area contributed by atoms with Crippen molar-refractivity contribution in [2.45, 2.75) is 19.8 Å². The van der Waals surface area contributed by atoms with Crippen LogP contribution in [0, 0.1) is 0 Å². The largest absolute Gasteiger partial charge is 0.436 e. The molecule has 160 valence electrons. The minimum absolute atomic E-state index is 0.274. The minimum Gasteiger partial charge on any atom is -0.436 e. The van der Waals surface area contributed by atoms with Crippen molar-refractivity contribution in [2.75, 3.05) is 5.32 Å². The number of rotatable bonds is 4. The van der Waals surface area contributed by atoms with Gasteiger partial charge in [0.15, 0.2) is 5.58 Å². The van der Waals surface area contributed by atoms with Gasteiger partial charge in [-0.3, -0.25) is 4.79 Å². The number of nitrogens with zero attached hydrogens (tertiary/aromatic N) is 1. The molecule has 0 aliphatic carbocycles. The average molecular weight is 481 g/mol. The predicted molar refractivity (Wildman–Crippen MR) is 133 cm³/mol. The summed E-state index contributed by atoms with van der Waals surface area (Å²) in [6, 6.07) is 18.9. The lowest BCUT2D eigenvalue weighted by Crippen LogP contribution is -2.10. The Balaban J connectivity index is 1.44. The highest BCUT2D eigenvalue weighted by molar-refractivity contribution is 7.21. The number of aromatic nitrogens is 1. The van der Waals surface area contributed by atoms with Gasteiger partial charge in [0, 0.05) is 26.4 Å². The van der Waals surface area contributed by atoms with Crippen LogP contribution in [0.4, 0.5) is 5.69 Å². The van der Waals surface area contributed by atoms with Crippen LogP contribution in [0.2, 0.25) is 10.0 Å². The number of hydrogen-bond donors (Lipinski definition) is 1. The molecule has 32 heavy (non-hydrogen) atoms. The molecule has 0 fully saturated rings. The first-order chi connectivity index (χ1) is 15.4. The molecule has 4 nitrogen and oxygen atoms in total. The van der Waals surface area contributed by atoms with Gasteiger partial charge in [-0.1, -0.05) is 55.2 Å². The maximum absolute atomic E-state index is 12.9. The van der Waals surface area contributed by atoms with Crippen LogP contribution in [-0.4, -0.2) is 10.9 Å². The number of thiophene rings is 1. The second-order valence-electron chi connectivity index (χ2n) is 7.82. The summed E-state index contributed by atoms with van der Waals surface area (Å²) in [7, 11) is 0. The third kappa shape index (κ3) is 3.88. The van der Waals surface area contributed by atoms with E-state index in [-0.39, 0.29) is 5.91 Å². The molecule has 7 heteroatoms. The smallest absolute Gasteiger partial charge is 0.267 e. The van der Waals surface area contributed by atoms with Crippen LogP contribution in [0.5, 0.6) is 0 Å². The van der Waals surface area contributed by atoms with Crippen LogP contribution in [-0.2, 0) is 0 Å². The Labute approximate surface area is 198 Å². The van der Waals surface area contributed by atoms with Crippen LogP contribution in [0.3, 0.4) is 0 Å². The molecule has 1 N–H and O–H groups in total. The number of fused-ring (bicyclic) bond motifs is 2. The minimum atomic E-state index is -0.274. The number of halogens is 2. The zero-order valence-corrected chi connectivity index (χ0v) is 19.6. The highest BCUT2D eigenvalue weighted by Gasteiger charge is 2.18. The molecule has 2 heterocycles. The Bertz CT molecular complexity index is 1490. The molecular formula is C25H18Cl2N2O2S. The molecule has 3 aromatic carbocycles. The summed E-state index contributed by atoms with van der Waals surface area (Å²) >= 11 is 13.8. The van der Waals surface area contributed by atoms with E-state index >= 15 is 0 Å². The zero-order chi connectivity index (χ0) is 22.4. The Kier molecular flexibility index (Phi) is 5.41. The number of oxazole rings is 1. The standard InChI is InChI=1S/C25H18Cl2N2O2S/c1-13(2)14-6-9-20-19(11-14)29-25(31-20)15-4-3-5-17(10-15)28-24(30)23-22(27)18-8-7-16(26)12-21(18)32-23/h3-13H,1-2H3,(H,28,30). The van der Waals surface area contributed by atoms with E-state index in [1.54, 1.807) is 6.07 Å². The predicted octanol–water partition coefficient (Wildman–Crippen LogP) is 8.39. The third-order valence-corrected chi connectivity index (χ3v) is 7.13. The third-order valence-electron chi connectivity index (χ3n) is 5.24. The summed E-state index contributed by atoms with van der Waals surface area (Å²) in [6.07, 6.45) is 0. The number of carbonyl (C=O) groups excluding carboxylic acids is 1. The first-order valence-corrected chi connectivity index (χ1v) is 11.7. The van der Waals surface area contributed by atoms with Gasteiger partial charge in [-0.2, -0.15) is 0 Å². The Morgan fingerprint density at radius 3 is 2.72 bits per heavy atom. The molecule has 0 spiro atoms. The number of hydrogen-bond acceptors (Lipinski definition) is 4. The molecule has 1 amide bonds. The Morgan fingerprint density at radius 2 is 1.91 bits per heavy atom. The van der Waals surface area contributed by atoms with E-state index in [1.165, 1.54) is 16.9 Å². The topological polar surface area (TPSA) is 55.1 Å². The van der Waals surface area contributed by atoms with E-state index in [9.17, 15) is 4.79 Å². The highest BCUT2D eigenvalue weighted by atomic mass is 35.5. The summed E-state index contributed by atoms with van der Waals surface area (Å²) in [5, 5.41) is 4.77. The molecule has 5 rings (SSSR count). The van der Waals surface area contributed by atoms with E-state index in [2.05, 4.69) is 30.2 Å². The number of carbonyl (C=O) groups is 1. The fourth-order valence-corrected chi connectivity index (χ4v) is 5.22. The van der Waals surface area contributed by atoms with Gasteiger partial charge in [-0.15, -0.1) is 11.3 Å². The zero-order valence-electron chi connectivity index (χ0n) is 17.3. The van der Waals surface area contributed by atoms with Crippen molar-refractivity contribution in [1.82, 2.24) is 4.98 Å². The summed E-state index contributed by atoms with van der Waals surface area (Å²) < 4.78 is 6.82. The van der Waals surface area contributed by atoms with Gasteiger partial charge >= 0.3 is 0 Å². The van der Waals surface area contributed by atoms with Crippen LogP contribution >= 0.6 is 34.5 Å². The van der Waals surface area contributed by atoms with Crippen molar-refractivity contribution in [3.8, 4) is 11.5 Å². The van der Waals surface area contributed by atoms with Crippen molar-refractivity contribution in [2.24, 2.45) is 0 Å². The lowest BCUT2D eigenvalue weighted by molar-refractivity contribution is 0.103. The van der Waals surface area contributed by atoms with E-state index in [0.717, 1.165) is 26.7 Å². The van der Waals surface area contributed by atoms with E-state index < -0.39 is 0 Å². The molecule has 5 aromatic rings. The lowest BCUT2D eigenvalue weighted by atomic mass is 10.0. The fraction of sp³-hybridized carbons (Fsp3) is 0.120. The summed E-state index contributed by atoms with van der Waals surface area (Å²) in [5.41, 5.74) is 4.16. The lowest BCUT2D eigenvalue weighted by Gasteiger charge is -2.05. The van der Waals surface area contributed by atoms with Crippen LogP contribution in [0.25, 0.3) is 32.6 Å². The molecule has 0 atom stereocenters. The molecule has 0 aliphatic heterocycles. The summed E-state index contributed by atoms with van der Waals surface area (Å²) in [4.78, 5) is 18.0. The van der Waals surface area contributed by atoms with Gasteiger partial charge in [0.25, 0.3) is 5.91 Å². The number of amides is 1. The second-order valence-corrected chi connectivity index (χ2v) is 9.69. The molecule has 0 bridgehead atoms. The first-order valence-electron chi connectivity index (χ1n) is 10.1. The van der Waals surface area contributed by atoms with Gasteiger partial charge in [-0.05, 0) is 53.9 Å². The summed E-state index contributed by atoms with van der Waals surface area (Å²) in [5.74, 6) is 0.644. The van der Waals surface area contributed by atoms with E-state index in [4.69, 9.17) is 27.6 Å². The van der Waals surface area contributed by atoms with Crippen LogP contribution < -0.4 is 5.32 Å². The average Bonchev–Trinajstić information content (AvgIpc) is 3.34. The van der Waals surface area contributed by atoms with Gasteiger partial charge in [-0.25, -0.2) is 4.98 Å². The highest BCUT2D eigenvalue weighted by Crippen LogP contribution is 2.37. The van der Waals surface area contributed by atoms with Gasteiger partial charge in [0.2, 0.25) is 5.89 Å². The van der Waals surface area contributed by atoms with Crippen molar-refractivity contribution >= 4 is 67.3 Å². The Morgan fingerprint density at radius 1 is 1.06 bits per heavy atom. The number of benzene rings is 3. The fourth-order valence-electron chi connectivity index (χ4n) is 3.53. The number of anilines is 1. The normalized spacial score (nSPS) is 11.5. The molecular weight excluding hydrogens is 463 g/mol. The van der Waals surface area contributed by atoms with E-state index in [0.29, 0.717) is 32.4 Å². The monoisotopic (exact) mass is 480 g/mol. The molecule has 2 aromatic heterocycles. The van der Waals surface area contributed by atoms with Gasteiger partial charge in [0.05, 0.1) is 5.02 Å². The van der Waals surface area contributed by atoms with Gasteiger partial charge in [0.1, 0.15) is 10.4 Å². The maximum atomic E-state index is 12.9. The van der Waals surface area contributed by atoms with Crippen molar-refractivity contribution in [3.05, 3.63) is 81.1 Å². The first kappa shape index (κ1) is 21.0. The number of nitrogens with one attached hydrogen (secondary N) is 1. The maximum Gasteiger partial charge on any atom is 0.267 e. The van der Waals surface area contributed by atoms with Crippen molar-refractivity contribution in [3.63, 3.8) is 0 Å². The van der Waals surface area contributed by atoms with E-state index in [1.807, 2.05) is 48.5 Å². The summed E-state index contributed by atoms with van der Waals surface area (Å²) in [6.45, 7) is 4.29. The second kappa shape index (κ2) is 8.24. The molecule has 0 aliphatic rings. The van der Waals surface area contributed by atoms with Gasteiger partial charge < -0.3 is 9.73 Å². The molecule has 0 unspecified atom stereocenters. The van der Waals surface area contributed by atoms with Crippen molar-refractivity contribution in [1.29, 1.82) is 0 Å². The molecule has 0 saturated carbocycles. The molecule has 0 saturated heterocycles. The quantitative estimate of drug-likeness (QED) is 0.280. The van der Waals surface area contributed by atoms with Crippen LogP contribution in [0.1, 0.15) is 35.0 Å². The van der Waals surface area contributed by atoms with Crippen molar-refractivity contribution < 1.29 is 9.21 Å². The SMILES string of the molecule is CC(C)c1ccc2oc(-c3cccc(NC(=O)c4sc5cc(Cl)ccc5c4Cl)c3)nc2c1. The Hall–Kier alpha value is -2.86.